The monoisotopic (exact) mass is 295 g/mol. The summed E-state index contributed by atoms with van der Waals surface area (Å²) >= 11 is 0. The Morgan fingerprint density at radius 2 is 1.58 bits per heavy atom. The molecule has 1 aromatic carbocycles. The fourth-order valence-electron chi connectivity index (χ4n) is 1.59. The summed E-state index contributed by atoms with van der Waals surface area (Å²) in [5.74, 6) is 0. The lowest BCUT2D eigenvalue weighted by Crippen LogP contribution is -2.23. The molecule has 0 saturated carbocycles. The van der Waals surface area contributed by atoms with E-state index in [1.165, 1.54) is 12.1 Å². The molecule has 3 nitrogen and oxygen atoms in total. The summed E-state index contributed by atoms with van der Waals surface area (Å²) in [5, 5.41) is 3.12. The summed E-state index contributed by atoms with van der Waals surface area (Å²) in [6.45, 7) is 3.98. The van der Waals surface area contributed by atoms with Crippen LogP contribution in [0.5, 0.6) is 0 Å². The number of benzene rings is 1. The van der Waals surface area contributed by atoms with E-state index in [-0.39, 0.29) is 6.04 Å². The molecule has 7 heteroatoms. The van der Waals surface area contributed by atoms with E-state index in [0.29, 0.717) is 5.69 Å². The predicted molar refractivity (Wildman–Crippen MR) is 67.7 cm³/mol. The van der Waals surface area contributed by atoms with E-state index >= 15 is 0 Å². The van der Waals surface area contributed by atoms with E-state index in [2.05, 4.69) is 5.32 Å². The van der Waals surface area contributed by atoms with Crippen molar-refractivity contribution in [3.8, 4) is 0 Å². The van der Waals surface area contributed by atoms with Crippen LogP contribution < -0.4 is 5.32 Å². The van der Waals surface area contributed by atoms with Crippen LogP contribution in [0.4, 0.5) is 18.9 Å². The van der Waals surface area contributed by atoms with Crippen molar-refractivity contribution in [2.24, 2.45) is 0 Å². The molecule has 1 rings (SSSR count). The number of halogens is 3. The number of anilines is 1. The van der Waals surface area contributed by atoms with E-state index in [9.17, 15) is 21.6 Å². The van der Waals surface area contributed by atoms with Crippen molar-refractivity contribution in [1.82, 2.24) is 0 Å². The second kappa shape index (κ2) is 5.81. The Bertz CT molecular complexity index is 505. The Labute approximate surface area is 110 Å². The number of rotatable bonds is 5. The lowest BCUT2D eigenvalue weighted by atomic mass is 10.1. The van der Waals surface area contributed by atoms with Crippen LogP contribution in [0.25, 0.3) is 0 Å². The van der Waals surface area contributed by atoms with E-state index in [4.69, 9.17) is 0 Å². The molecule has 0 amide bonds. The van der Waals surface area contributed by atoms with Crippen molar-refractivity contribution >= 4 is 15.5 Å². The van der Waals surface area contributed by atoms with Gasteiger partial charge in [0.05, 0.1) is 4.90 Å². The molecule has 1 N–H and O–H groups in total. The molecule has 0 fully saturated rings. The van der Waals surface area contributed by atoms with Crippen molar-refractivity contribution in [2.75, 3.05) is 5.32 Å². The molecule has 0 atom stereocenters. The SMILES string of the molecule is CCC(CC)Nc1ccc(S(=O)(=O)C(F)(F)F)cc1. The van der Waals surface area contributed by atoms with Gasteiger partial charge in [0.25, 0.3) is 9.84 Å². The van der Waals surface area contributed by atoms with Crippen LogP contribution in [0.3, 0.4) is 0 Å². The molecule has 0 aliphatic carbocycles. The minimum Gasteiger partial charge on any atom is -0.382 e. The molecule has 0 bridgehead atoms. The summed E-state index contributed by atoms with van der Waals surface area (Å²) in [6.07, 6.45) is 1.75. The fraction of sp³-hybridized carbons (Fsp3) is 0.500. The summed E-state index contributed by atoms with van der Waals surface area (Å²) < 4.78 is 59.3. The third kappa shape index (κ3) is 3.62. The normalized spacial score (nSPS) is 12.7. The highest BCUT2D eigenvalue weighted by atomic mass is 32.2. The predicted octanol–water partition coefficient (Wildman–Crippen LogP) is 3.58. The third-order valence-electron chi connectivity index (χ3n) is 2.83. The minimum absolute atomic E-state index is 0.213. The average molecular weight is 295 g/mol. The van der Waals surface area contributed by atoms with Gasteiger partial charge in [-0.05, 0) is 37.1 Å². The second-order valence-electron chi connectivity index (χ2n) is 4.13. The van der Waals surface area contributed by atoms with Crippen molar-refractivity contribution in [1.29, 1.82) is 0 Å². The molecule has 0 saturated heterocycles. The smallest absolute Gasteiger partial charge is 0.382 e. The average Bonchev–Trinajstić information content (AvgIpc) is 2.35. The van der Waals surface area contributed by atoms with Gasteiger partial charge in [0, 0.05) is 11.7 Å². The van der Waals surface area contributed by atoms with Gasteiger partial charge in [-0.3, -0.25) is 0 Å². The maximum absolute atomic E-state index is 12.3. The first kappa shape index (κ1) is 15.8. The Morgan fingerprint density at radius 3 is 1.95 bits per heavy atom. The van der Waals surface area contributed by atoms with Gasteiger partial charge in [0.2, 0.25) is 0 Å². The van der Waals surface area contributed by atoms with Crippen molar-refractivity contribution < 1.29 is 21.6 Å². The highest BCUT2D eigenvalue weighted by Gasteiger charge is 2.46. The minimum atomic E-state index is -5.27. The first-order chi connectivity index (χ1) is 8.72. The highest BCUT2D eigenvalue weighted by molar-refractivity contribution is 7.92. The summed E-state index contributed by atoms with van der Waals surface area (Å²) in [7, 11) is -5.26. The van der Waals surface area contributed by atoms with E-state index < -0.39 is 20.2 Å². The topological polar surface area (TPSA) is 46.2 Å². The Morgan fingerprint density at radius 1 is 1.11 bits per heavy atom. The van der Waals surface area contributed by atoms with Crippen molar-refractivity contribution in [2.45, 2.75) is 43.1 Å². The first-order valence-corrected chi connectivity index (χ1v) is 7.38. The molecule has 0 heterocycles. The lowest BCUT2D eigenvalue weighted by molar-refractivity contribution is -0.0436. The number of alkyl halides is 3. The largest absolute Gasteiger partial charge is 0.501 e. The first-order valence-electron chi connectivity index (χ1n) is 5.90. The van der Waals surface area contributed by atoms with Crippen LogP contribution >= 0.6 is 0 Å². The van der Waals surface area contributed by atoms with Gasteiger partial charge in [-0.1, -0.05) is 13.8 Å². The van der Waals surface area contributed by atoms with E-state index in [1.54, 1.807) is 0 Å². The molecule has 1 aromatic rings. The molecule has 0 aliphatic rings. The molecule has 0 unspecified atom stereocenters. The molecule has 19 heavy (non-hydrogen) atoms. The maximum atomic E-state index is 12.3. The molecule has 0 aliphatic heterocycles. The van der Waals surface area contributed by atoms with Gasteiger partial charge in [-0.25, -0.2) is 8.42 Å². The zero-order valence-corrected chi connectivity index (χ0v) is 11.5. The molecular formula is C12H16F3NO2S. The number of hydrogen-bond acceptors (Lipinski definition) is 3. The van der Waals surface area contributed by atoms with E-state index in [0.717, 1.165) is 25.0 Å². The summed E-state index contributed by atoms with van der Waals surface area (Å²) in [6, 6.07) is 4.83. The van der Waals surface area contributed by atoms with Crippen molar-refractivity contribution in [3.05, 3.63) is 24.3 Å². The van der Waals surface area contributed by atoms with Gasteiger partial charge >= 0.3 is 5.51 Å². The van der Waals surface area contributed by atoms with Crippen LogP contribution in [-0.2, 0) is 9.84 Å². The molecule has 108 valence electrons. The quantitative estimate of drug-likeness (QED) is 0.903. The van der Waals surface area contributed by atoms with Crippen LogP contribution in [0.2, 0.25) is 0 Å². The standard InChI is InChI=1S/C12H16F3NO2S/c1-3-9(4-2)16-10-5-7-11(8-6-10)19(17,18)12(13,14)15/h5-9,16H,3-4H2,1-2H3. The molecular weight excluding hydrogens is 279 g/mol. The van der Waals surface area contributed by atoms with Gasteiger partial charge in [0.15, 0.2) is 0 Å². The summed E-state index contributed by atoms with van der Waals surface area (Å²) in [4.78, 5) is -0.741. The fourth-order valence-corrected chi connectivity index (χ4v) is 2.35. The molecule has 0 aromatic heterocycles. The number of nitrogens with one attached hydrogen (secondary N) is 1. The third-order valence-corrected chi connectivity index (χ3v) is 4.33. The van der Waals surface area contributed by atoms with Gasteiger partial charge in [-0.15, -0.1) is 0 Å². The van der Waals surface area contributed by atoms with Gasteiger partial charge < -0.3 is 5.32 Å². The highest BCUT2D eigenvalue weighted by Crippen LogP contribution is 2.30. The Kier molecular flexibility index (Phi) is 4.84. The number of sulfone groups is 1. The van der Waals surface area contributed by atoms with Gasteiger partial charge in [0.1, 0.15) is 0 Å². The van der Waals surface area contributed by atoms with Crippen LogP contribution in [0.1, 0.15) is 26.7 Å². The van der Waals surface area contributed by atoms with E-state index in [1.807, 2.05) is 13.8 Å². The van der Waals surface area contributed by atoms with Crippen molar-refractivity contribution in [3.63, 3.8) is 0 Å². The Balaban J connectivity index is 2.95. The molecule has 0 spiro atoms. The molecule has 0 radical (unpaired) electrons. The Hall–Kier alpha value is -1.24. The lowest BCUT2D eigenvalue weighted by Gasteiger charge is -2.16. The number of hydrogen-bond donors (Lipinski definition) is 1. The van der Waals surface area contributed by atoms with Crippen LogP contribution in [0.15, 0.2) is 29.2 Å². The van der Waals surface area contributed by atoms with Gasteiger partial charge in [-0.2, -0.15) is 13.2 Å². The second-order valence-corrected chi connectivity index (χ2v) is 6.07. The maximum Gasteiger partial charge on any atom is 0.501 e. The summed E-state index contributed by atoms with van der Waals surface area (Å²) in [5.41, 5.74) is -4.66. The zero-order chi connectivity index (χ0) is 14.7. The van der Waals surface area contributed by atoms with Crippen LogP contribution in [-0.4, -0.2) is 20.0 Å². The van der Waals surface area contributed by atoms with Crippen LogP contribution in [0, 0.1) is 0 Å². The zero-order valence-electron chi connectivity index (χ0n) is 10.7.